The largest absolute Gasteiger partial charge is 0.397 e. The van der Waals surface area contributed by atoms with Crippen LogP contribution in [0.1, 0.15) is 5.56 Å². The fourth-order valence-electron chi connectivity index (χ4n) is 1.65. The number of hydrogen-bond acceptors (Lipinski definition) is 2. The van der Waals surface area contributed by atoms with E-state index in [4.69, 9.17) is 5.73 Å². The van der Waals surface area contributed by atoms with Crippen LogP contribution < -0.4 is 11.1 Å². The van der Waals surface area contributed by atoms with Crippen LogP contribution >= 0.6 is 0 Å². The first kappa shape index (κ1) is 12.3. The van der Waals surface area contributed by atoms with Crippen molar-refractivity contribution in [2.24, 2.45) is 0 Å². The Hall–Kier alpha value is -2.17. The van der Waals surface area contributed by atoms with E-state index in [9.17, 15) is 13.2 Å². The van der Waals surface area contributed by atoms with Crippen molar-refractivity contribution in [3.05, 3.63) is 53.3 Å². The predicted molar refractivity (Wildman–Crippen MR) is 65.2 cm³/mol. The predicted octanol–water partition coefficient (Wildman–Crippen LogP) is 3.74. The number of nitrogens with two attached hydrogens (primary N) is 1. The fraction of sp³-hybridized carbons (Fsp3) is 0.0769. The summed E-state index contributed by atoms with van der Waals surface area (Å²) in [5, 5.41) is 2.58. The Labute approximate surface area is 102 Å². The molecular weight excluding hydrogens is 241 g/mol. The zero-order valence-corrected chi connectivity index (χ0v) is 9.60. The summed E-state index contributed by atoms with van der Waals surface area (Å²) >= 11 is 0. The maximum absolute atomic E-state index is 13.5. The summed E-state index contributed by atoms with van der Waals surface area (Å²) in [6, 6.07) is 6.29. The highest BCUT2D eigenvalue weighted by Crippen LogP contribution is 2.28. The molecule has 2 aromatic rings. The van der Waals surface area contributed by atoms with Crippen molar-refractivity contribution < 1.29 is 13.2 Å². The second-order valence-corrected chi connectivity index (χ2v) is 3.97. The molecular formula is C13H11F3N2. The maximum atomic E-state index is 13.5. The van der Waals surface area contributed by atoms with Gasteiger partial charge in [0.1, 0.15) is 11.5 Å². The first-order valence-electron chi connectivity index (χ1n) is 5.25. The summed E-state index contributed by atoms with van der Waals surface area (Å²) in [5.41, 5.74) is 6.38. The van der Waals surface area contributed by atoms with E-state index in [0.29, 0.717) is 11.3 Å². The Kier molecular flexibility index (Phi) is 3.14. The van der Waals surface area contributed by atoms with Gasteiger partial charge in [0, 0.05) is 5.69 Å². The van der Waals surface area contributed by atoms with E-state index in [1.807, 2.05) is 0 Å². The van der Waals surface area contributed by atoms with Crippen molar-refractivity contribution in [1.29, 1.82) is 0 Å². The lowest BCUT2D eigenvalue weighted by Gasteiger charge is -2.11. The quantitative estimate of drug-likeness (QED) is 0.799. The van der Waals surface area contributed by atoms with E-state index in [-0.39, 0.29) is 11.4 Å². The molecule has 94 valence electrons. The minimum atomic E-state index is -1.09. The third-order valence-corrected chi connectivity index (χ3v) is 2.44. The van der Waals surface area contributed by atoms with Crippen LogP contribution in [0.4, 0.5) is 30.2 Å². The molecule has 0 bridgehead atoms. The topological polar surface area (TPSA) is 38.0 Å². The Morgan fingerprint density at radius 1 is 1.06 bits per heavy atom. The Balaban J connectivity index is 2.42. The first-order chi connectivity index (χ1) is 8.47. The maximum Gasteiger partial charge on any atom is 0.184 e. The van der Waals surface area contributed by atoms with E-state index in [2.05, 4.69) is 5.32 Å². The molecule has 0 saturated heterocycles. The number of rotatable bonds is 2. The Morgan fingerprint density at radius 3 is 2.44 bits per heavy atom. The van der Waals surface area contributed by atoms with Crippen LogP contribution in [0.2, 0.25) is 0 Å². The summed E-state index contributed by atoms with van der Waals surface area (Å²) in [7, 11) is 0. The highest BCUT2D eigenvalue weighted by atomic mass is 19.2. The average Bonchev–Trinajstić information content (AvgIpc) is 2.28. The highest BCUT2D eigenvalue weighted by Gasteiger charge is 2.12. The van der Waals surface area contributed by atoms with Gasteiger partial charge in [-0.05, 0) is 42.8 Å². The van der Waals surface area contributed by atoms with Crippen LogP contribution in [0, 0.1) is 24.4 Å². The van der Waals surface area contributed by atoms with Gasteiger partial charge < -0.3 is 11.1 Å². The van der Waals surface area contributed by atoms with Crippen molar-refractivity contribution in [3.63, 3.8) is 0 Å². The summed E-state index contributed by atoms with van der Waals surface area (Å²) < 4.78 is 39.8. The first-order valence-corrected chi connectivity index (χ1v) is 5.25. The van der Waals surface area contributed by atoms with E-state index >= 15 is 0 Å². The van der Waals surface area contributed by atoms with Gasteiger partial charge in [-0.25, -0.2) is 13.2 Å². The molecule has 0 aromatic heterocycles. The van der Waals surface area contributed by atoms with Crippen molar-refractivity contribution in [2.75, 3.05) is 11.1 Å². The number of anilines is 3. The van der Waals surface area contributed by atoms with Crippen LogP contribution in [-0.4, -0.2) is 0 Å². The van der Waals surface area contributed by atoms with Gasteiger partial charge in [-0.1, -0.05) is 0 Å². The van der Waals surface area contributed by atoms with Crippen molar-refractivity contribution in [1.82, 2.24) is 0 Å². The number of nitrogen functional groups attached to an aromatic ring is 1. The molecule has 5 heteroatoms. The Bertz CT molecular complexity index is 577. The molecule has 0 saturated carbocycles. The molecule has 0 aliphatic rings. The number of halogens is 3. The van der Waals surface area contributed by atoms with E-state index in [1.165, 1.54) is 18.2 Å². The monoisotopic (exact) mass is 252 g/mol. The zero-order valence-electron chi connectivity index (χ0n) is 9.60. The normalized spacial score (nSPS) is 10.4. The second kappa shape index (κ2) is 4.60. The summed E-state index contributed by atoms with van der Waals surface area (Å²) in [5.74, 6) is -2.57. The summed E-state index contributed by atoms with van der Waals surface area (Å²) in [4.78, 5) is 0. The van der Waals surface area contributed by atoms with Crippen molar-refractivity contribution >= 4 is 17.1 Å². The minimum Gasteiger partial charge on any atom is -0.397 e. The molecule has 0 unspecified atom stereocenters. The molecule has 0 spiro atoms. The van der Waals surface area contributed by atoms with E-state index < -0.39 is 17.5 Å². The van der Waals surface area contributed by atoms with Crippen LogP contribution in [0.25, 0.3) is 0 Å². The third kappa shape index (κ3) is 2.40. The van der Waals surface area contributed by atoms with Crippen molar-refractivity contribution in [2.45, 2.75) is 6.92 Å². The summed E-state index contributed by atoms with van der Waals surface area (Å²) in [6.45, 7) is 1.69. The van der Waals surface area contributed by atoms with Crippen LogP contribution in [0.3, 0.4) is 0 Å². The molecule has 18 heavy (non-hydrogen) atoms. The lowest BCUT2D eigenvalue weighted by Crippen LogP contribution is -2.02. The van der Waals surface area contributed by atoms with Gasteiger partial charge in [0.15, 0.2) is 11.6 Å². The van der Waals surface area contributed by atoms with Crippen LogP contribution in [-0.2, 0) is 0 Å². The third-order valence-electron chi connectivity index (χ3n) is 2.44. The van der Waals surface area contributed by atoms with Crippen molar-refractivity contribution in [3.8, 4) is 0 Å². The van der Waals surface area contributed by atoms with Gasteiger partial charge in [0.25, 0.3) is 0 Å². The number of nitrogens with one attached hydrogen (secondary N) is 1. The summed E-state index contributed by atoms with van der Waals surface area (Å²) in [6.07, 6.45) is 0. The second-order valence-electron chi connectivity index (χ2n) is 3.97. The SMILES string of the molecule is Cc1cc(F)cc(Nc2c(N)ccc(F)c2F)c1. The molecule has 0 radical (unpaired) electrons. The van der Waals surface area contributed by atoms with Gasteiger partial charge in [0.2, 0.25) is 0 Å². The lowest BCUT2D eigenvalue weighted by molar-refractivity contribution is 0.512. The molecule has 2 aromatic carbocycles. The van der Waals surface area contributed by atoms with Crippen LogP contribution in [0.15, 0.2) is 30.3 Å². The molecule has 2 rings (SSSR count). The van der Waals surface area contributed by atoms with E-state index in [1.54, 1.807) is 13.0 Å². The number of benzene rings is 2. The number of hydrogen-bond donors (Lipinski definition) is 2. The molecule has 0 heterocycles. The standard InChI is InChI=1S/C13H11F3N2/c1-7-4-8(14)6-9(5-7)18-13-11(17)3-2-10(15)12(13)16/h2-6,18H,17H2,1H3. The highest BCUT2D eigenvalue weighted by molar-refractivity contribution is 5.73. The van der Waals surface area contributed by atoms with Gasteiger partial charge in [-0.15, -0.1) is 0 Å². The van der Waals surface area contributed by atoms with E-state index in [0.717, 1.165) is 6.07 Å². The van der Waals surface area contributed by atoms with Gasteiger partial charge in [-0.3, -0.25) is 0 Å². The molecule has 0 atom stereocenters. The lowest BCUT2D eigenvalue weighted by atomic mass is 10.2. The molecule has 0 fully saturated rings. The zero-order chi connectivity index (χ0) is 13.3. The number of aryl methyl sites for hydroxylation is 1. The molecule has 2 nitrogen and oxygen atoms in total. The molecule has 0 aliphatic carbocycles. The molecule has 0 amide bonds. The van der Waals surface area contributed by atoms with Gasteiger partial charge in [0.05, 0.1) is 5.69 Å². The fourth-order valence-corrected chi connectivity index (χ4v) is 1.65. The molecule has 0 aliphatic heterocycles. The minimum absolute atomic E-state index is 0.0517. The van der Waals surface area contributed by atoms with Crippen LogP contribution in [0.5, 0.6) is 0 Å². The van der Waals surface area contributed by atoms with Gasteiger partial charge >= 0.3 is 0 Å². The average molecular weight is 252 g/mol. The smallest absolute Gasteiger partial charge is 0.184 e. The Morgan fingerprint density at radius 2 is 1.78 bits per heavy atom. The molecule has 3 N–H and O–H groups in total. The van der Waals surface area contributed by atoms with Gasteiger partial charge in [-0.2, -0.15) is 0 Å².